The van der Waals surface area contributed by atoms with Crippen molar-refractivity contribution in [2.24, 2.45) is 0 Å². The van der Waals surface area contributed by atoms with E-state index in [1.807, 2.05) is 43.9 Å². The number of piperazine rings is 1. The Morgan fingerprint density at radius 1 is 1.09 bits per heavy atom. The number of carbonyl (C=O) groups excluding carboxylic acids is 2. The highest BCUT2D eigenvalue weighted by Crippen LogP contribution is 2.40. The van der Waals surface area contributed by atoms with Crippen LogP contribution in [0.3, 0.4) is 0 Å². The van der Waals surface area contributed by atoms with Gasteiger partial charge in [-0.25, -0.2) is 0 Å². The number of aryl methyl sites for hydroxylation is 2. The summed E-state index contributed by atoms with van der Waals surface area (Å²) < 4.78 is 12.3. The highest BCUT2D eigenvalue weighted by atomic mass is 16.5. The molecule has 234 valence electrons. The minimum Gasteiger partial charge on any atom is -0.488 e. The van der Waals surface area contributed by atoms with E-state index < -0.39 is 0 Å². The van der Waals surface area contributed by atoms with E-state index in [1.165, 1.54) is 0 Å². The van der Waals surface area contributed by atoms with Crippen molar-refractivity contribution in [1.82, 2.24) is 20.1 Å². The molecule has 1 saturated carbocycles. The molecule has 2 N–H and O–H groups in total. The molecule has 10 nitrogen and oxygen atoms in total. The van der Waals surface area contributed by atoms with E-state index in [9.17, 15) is 14.4 Å². The number of ether oxygens (including phenoxy) is 2. The van der Waals surface area contributed by atoms with Crippen molar-refractivity contribution in [3.05, 3.63) is 56.5 Å². The van der Waals surface area contributed by atoms with E-state index >= 15 is 0 Å². The Bertz CT molecular complexity index is 1370. The van der Waals surface area contributed by atoms with Crippen LogP contribution in [0.4, 0.5) is 5.69 Å². The third kappa shape index (κ3) is 6.91. The molecule has 1 aromatic heterocycles. The largest absolute Gasteiger partial charge is 0.488 e. The number of amides is 2. The van der Waals surface area contributed by atoms with Crippen LogP contribution in [0, 0.1) is 20.8 Å². The summed E-state index contributed by atoms with van der Waals surface area (Å²) >= 11 is 0. The normalized spacial score (nSPS) is 21.3. The topological polar surface area (TPSA) is 107 Å². The summed E-state index contributed by atoms with van der Waals surface area (Å²) in [7, 11) is 0. The third-order valence-corrected chi connectivity index (χ3v) is 9.46. The van der Waals surface area contributed by atoms with Crippen LogP contribution in [-0.2, 0) is 16.1 Å². The second kappa shape index (κ2) is 13.5. The van der Waals surface area contributed by atoms with Gasteiger partial charge in [-0.3, -0.25) is 19.3 Å². The van der Waals surface area contributed by atoms with Gasteiger partial charge in [0, 0.05) is 101 Å². The average Bonchev–Trinajstić information content (AvgIpc) is 2.96. The lowest BCUT2D eigenvalue weighted by molar-refractivity contribution is -0.131. The smallest absolute Gasteiger partial charge is 0.253 e. The van der Waals surface area contributed by atoms with Crippen LogP contribution in [0.25, 0.3) is 0 Å². The molecule has 0 unspecified atom stereocenters. The molecule has 3 aliphatic rings. The first-order valence-corrected chi connectivity index (χ1v) is 15.8. The second-order valence-corrected chi connectivity index (χ2v) is 12.2. The number of anilines is 1. The van der Waals surface area contributed by atoms with Gasteiger partial charge in [-0.2, -0.15) is 0 Å². The summed E-state index contributed by atoms with van der Waals surface area (Å²) in [4.78, 5) is 47.4. The van der Waals surface area contributed by atoms with Crippen LogP contribution in [0.15, 0.2) is 23.0 Å². The van der Waals surface area contributed by atoms with E-state index in [0.717, 1.165) is 99.9 Å². The lowest BCUT2D eigenvalue weighted by atomic mass is 9.87. The van der Waals surface area contributed by atoms with Crippen molar-refractivity contribution < 1.29 is 19.1 Å². The lowest BCUT2D eigenvalue weighted by Crippen LogP contribution is -2.56. The molecule has 0 bridgehead atoms. The number of pyridine rings is 1. The van der Waals surface area contributed by atoms with Crippen molar-refractivity contribution in [2.75, 3.05) is 50.8 Å². The maximum absolute atomic E-state index is 13.5. The molecule has 0 spiro atoms. The number of benzene rings is 1. The molecule has 2 aliphatic heterocycles. The van der Waals surface area contributed by atoms with Gasteiger partial charge in [0.15, 0.2) is 0 Å². The molecule has 2 aromatic rings. The van der Waals surface area contributed by atoms with Crippen LogP contribution < -0.4 is 20.5 Å². The van der Waals surface area contributed by atoms with Gasteiger partial charge in [-0.05, 0) is 69.9 Å². The molecular formula is C33H47N5O5. The molecule has 2 amide bonds. The van der Waals surface area contributed by atoms with Crippen LogP contribution in [-0.4, -0.2) is 90.7 Å². The zero-order valence-corrected chi connectivity index (χ0v) is 26.3. The predicted molar refractivity (Wildman–Crippen MR) is 167 cm³/mol. The molecule has 2 saturated heterocycles. The lowest BCUT2D eigenvalue weighted by Gasteiger charge is -2.46. The fourth-order valence-electron chi connectivity index (χ4n) is 6.85. The Morgan fingerprint density at radius 3 is 2.42 bits per heavy atom. The summed E-state index contributed by atoms with van der Waals surface area (Å²) in [6, 6.07) is 6.49. The summed E-state index contributed by atoms with van der Waals surface area (Å²) in [5, 5.41) is 2.99. The number of rotatable bonds is 9. The van der Waals surface area contributed by atoms with Gasteiger partial charge < -0.3 is 29.6 Å². The summed E-state index contributed by atoms with van der Waals surface area (Å²) in [5.74, 6) is 0.762. The Balaban J connectivity index is 1.33. The standard InChI is InChI=1S/C33H47N5O5/c1-6-38(25-9-15-42-16-10-25)31-23(4)28(32(40)34-20-29-21(2)17-22(3)35-33(29)41)7-8-30(31)43-27-18-26(19-27)37-13-11-36(12-14-37)24(5)39/h7-8,17,25-27H,6,9-16,18-20H2,1-5H3,(H,34,40)(H,35,41). The Morgan fingerprint density at radius 2 is 1.79 bits per heavy atom. The maximum atomic E-state index is 13.5. The van der Waals surface area contributed by atoms with Crippen molar-refractivity contribution in [1.29, 1.82) is 0 Å². The van der Waals surface area contributed by atoms with Gasteiger partial charge in [0.25, 0.3) is 11.5 Å². The van der Waals surface area contributed by atoms with Crippen molar-refractivity contribution >= 4 is 17.5 Å². The molecular weight excluding hydrogens is 546 g/mol. The third-order valence-electron chi connectivity index (χ3n) is 9.46. The van der Waals surface area contributed by atoms with E-state index in [4.69, 9.17) is 9.47 Å². The van der Waals surface area contributed by atoms with Gasteiger partial charge in [0.1, 0.15) is 11.9 Å². The van der Waals surface area contributed by atoms with Gasteiger partial charge in [0.05, 0.1) is 5.69 Å². The van der Waals surface area contributed by atoms with Gasteiger partial charge in [0.2, 0.25) is 5.91 Å². The minimum atomic E-state index is -0.207. The molecule has 5 rings (SSSR count). The number of nitrogens with zero attached hydrogens (tertiary/aromatic N) is 3. The quantitative estimate of drug-likeness (QED) is 0.460. The van der Waals surface area contributed by atoms with E-state index in [1.54, 1.807) is 6.92 Å². The number of hydrogen-bond donors (Lipinski definition) is 2. The highest BCUT2D eigenvalue weighted by Gasteiger charge is 2.38. The Kier molecular flexibility index (Phi) is 9.76. The Hall–Kier alpha value is -3.37. The van der Waals surface area contributed by atoms with Crippen LogP contribution in [0.5, 0.6) is 5.75 Å². The van der Waals surface area contributed by atoms with E-state index in [0.29, 0.717) is 23.2 Å². The molecule has 3 fully saturated rings. The molecule has 3 heterocycles. The minimum absolute atomic E-state index is 0.110. The number of H-pyrrole nitrogens is 1. The SMILES string of the molecule is CCN(c1c(OC2CC(N3CCN(C(C)=O)CC3)C2)ccc(C(=O)NCc2c(C)cc(C)[nH]c2=O)c1C)C1CCOCC1. The van der Waals surface area contributed by atoms with Crippen molar-refractivity contribution in [2.45, 2.75) is 85.0 Å². The molecule has 1 aromatic carbocycles. The number of carbonyl (C=O) groups is 2. The molecule has 1 aliphatic carbocycles. The zero-order valence-electron chi connectivity index (χ0n) is 26.3. The molecule has 10 heteroatoms. The first-order valence-electron chi connectivity index (χ1n) is 15.8. The molecule has 0 radical (unpaired) electrons. The summed E-state index contributed by atoms with van der Waals surface area (Å²) in [6.45, 7) is 15.3. The first-order chi connectivity index (χ1) is 20.7. The number of hydrogen-bond acceptors (Lipinski definition) is 7. The fraction of sp³-hybridized carbons (Fsp3) is 0.606. The van der Waals surface area contributed by atoms with Crippen molar-refractivity contribution in [3.63, 3.8) is 0 Å². The monoisotopic (exact) mass is 593 g/mol. The maximum Gasteiger partial charge on any atom is 0.253 e. The van der Waals surface area contributed by atoms with Crippen LogP contribution in [0.2, 0.25) is 0 Å². The Labute approximate surface area is 254 Å². The van der Waals surface area contributed by atoms with Crippen LogP contribution >= 0.6 is 0 Å². The predicted octanol–water partition coefficient (Wildman–Crippen LogP) is 3.31. The first kappa shape index (κ1) is 31.1. The van der Waals surface area contributed by atoms with Gasteiger partial charge in [-0.15, -0.1) is 0 Å². The highest BCUT2D eigenvalue weighted by molar-refractivity contribution is 5.97. The second-order valence-electron chi connectivity index (χ2n) is 12.2. The van der Waals surface area contributed by atoms with E-state index in [-0.39, 0.29) is 30.0 Å². The average molecular weight is 594 g/mol. The summed E-state index contributed by atoms with van der Waals surface area (Å²) in [6.07, 6.45) is 3.87. The zero-order chi connectivity index (χ0) is 30.7. The van der Waals surface area contributed by atoms with E-state index in [2.05, 4.69) is 27.0 Å². The number of aromatic amines is 1. The van der Waals surface area contributed by atoms with Gasteiger partial charge in [-0.1, -0.05) is 0 Å². The van der Waals surface area contributed by atoms with Gasteiger partial charge >= 0.3 is 0 Å². The number of nitrogens with one attached hydrogen (secondary N) is 2. The molecule has 0 atom stereocenters. The summed E-state index contributed by atoms with van der Waals surface area (Å²) in [5.41, 5.74) is 4.50. The van der Waals surface area contributed by atoms with Crippen molar-refractivity contribution in [3.8, 4) is 5.75 Å². The fourth-order valence-corrected chi connectivity index (χ4v) is 6.85. The molecule has 43 heavy (non-hydrogen) atoms. The number of aromatic nitrogens is 1. The van der Waals surface area contributed by atoms with Crippen LogP contribution in [0.1, 0.15) is 72.3 Å².